The molecule has 2 amide bonds. The van der Waals surface area contributed by atoms with Crippen LogP contribution in [0.25, 0.3) is 0 Å². The molecule has 1 aromatic rings. The fraction of sp³-hybridized carbons (Fsp3) is 0.294. The number of imide groups is 1. The number of hydrogen-bond acceptors (Lipinski definition) is 7. The van der Waals surface area contributed by atoms with Crippen molar-refractivity contribution in [3.05, 3.63) is 42.0 Å². The van der Waals surface area contributed by atoms with Gasteiger partial charge in [0.2, 0.25) is 11.8 Å². The van der Waals surface area contributed by atoms with E-state index in [1.807, 2.05) is 0 Å². The standard InChI is InChI=1S/C17H17NO6S/c1-11(2)16(21)23-8-9-24-17(22)12-4-3-5-13(10-12)25-18-14(19)6-7-15(18)20/h3-5,10H,1,6-9H2,2H3. The molecule has 1 aromatic carbocycles. The summed E-state index contributed by atoms with van der Waals surface area (Å²) in [6, 6.07) is 6.41. The largest absolute Gasteiger partial charge is 0.459 e. The molecule has 0 aliphatic carbocycles. The van der Waals surface area contributed by atoms with E-state index in [4.69, 9.17) is 9.47 Å². The van der Waals surface area contributed by atoms with Crippen molar-refractivity contribution in [2.75, 3.05) is 13.2 Å². The van der Waals surface area contributed by atoms with E-state index in [0.717, 1.165) is 16.3 Å². The third kappa shape index (κ3) is 5.18. The molecule has 132 valence electrons. The van der Waals surface area contributed by atoms with Crippen LogP contribution in [0.3, 0.4) is 0 Å². The van der Waals surface area contributed by atoms with Crippen LogP contribution in [-0.2, 0) is 23.9 Å². The van der Waals surface area contributed by atoms with E-state index < -0.39 is 11.9 Å². The minimum Gasteiger partial charge on any atom is -0.459 e. The molecule has 1 aliphatic heterocycles. The van der Waals surface area contributed by atoms with E-state index in [1.54, 1.807) is 18.2 Å². The molecule has 7 nitrogen and oxygen atoms in total. The first-order valence-corrected chi connectivity index (χ1v) is 8.29. The van der Waals surface area contributed by atoms with Crippen molar-refractivity contribution in [1.82, 2.24) is 4.31 Å². The van der Waals surface area contributed by atoms with Crippen LogP contribution in [0.4, 0.5) is 0 Å². The smallest absolute Gasteiger partial charge is 0.338 e. The third-order valence-corrected chi connectivity index (χ3v) is 4.22. The van der Waals surface area contributed by atoms with Crippen molar-refractivity contribution < 1.29 is 28.7 Å². The Morgan fingerprint density at radius 3 is 2.44 bits per heavy atom. The van der Waals surface area contributed by atoms with E-state index >= 15 is 0 Å². The normalized spacial score (nSPS) is 13.7. The molecule has 0 spiro atoms. The van der Waals surface area contributed by atoms with E-state index in [9.17, 15) is 19.2 Å². The summed E-state index contributed by atoms with van der Waals surface area (Å²) in [5.74, 6) is -1.63. The molecular formula is C17H17NO6S. The number of rotatable bonds is 7. The van der Waals surface area contributed by atoms with Gasteiger partial charge in [-0.15, -0.1) is 0 Å². The molecule has 25 heavy (non-hydrogen) atoms. The van der Waals surface area contributed by atoms with E-state index in [0.29, 0.717) is 4.90 Å². The summed E-state index contributed by atoms with van der Waals surface area (Å²) in [7, 11) is 0. The molecule has 2 rings (SSSR count). The topological polar surface area (TPSA) is 90.0 Å². The molecule has 1 saturated heterocycles. The molecule has 0 unspecified atom stereocenters. The Morgan fingerprint density at radius 2 is 1.80 bits per heavy atom. The molecule has 8 heteroatoms. The van der Waals surface area contributed by atoms with Crippen LogP contribution in [0.2, 0.25) is 0 Å². The summed E-state index contributed by atoms with van der Waals surface area (Å²) in [4.78, 5) is 47.0. The van der Waals surface area contributed by atoms with Crippen LogP contribution in [0.1, 0.15) is 30.1 Å². The van der Waals surface area contributed by atoms with Crippen LogP contribution in [0, 0.1) is 0 Å². The van der Waals surface area contributed by atoms with Crippen molar-refractivity contribution in [2.24, 2.45) is 0 Å². The Labute approximate surface area is 149 Å². The summed E-state index contributed by atoms with van der Waals surface area (Å²) in [5.41, 5.74) is 0.539. The average molecular weight is 363 g/mol. The van der Waals surface area contributed by atoms with Crippen molar-refractivity contribution in [3.63, 3.8) is 0 Å². The van der Waals surface area contributed by atoms with Gasteiger partial charge in [0.05, 0.1) is 5.56 Å². The quantitative estimate of drug-likeness (QED) is 0.241. The van der Waals surface area contributed by atoms with Crippen molar-refractivity contribution >= 4 is 35.7 Å². The molecule has 0 bridgehead atoms. The Bertz CT molecular complexity index is 714. The fourth-order valence-electron chi connectivity index (χ4n) is 1.92. The zero-order valence-electron chi connectivity index (χ0n) is 13.6. The molecular weight excluding hydrogens is 346 g/mol. The van der Waals surface area contributed by atoms with Crippen LogP contribution in [-0.4, -0.2) is 41.3 Å². The van der Waals surface area contributed by atoms with E-state index in [1.165, 1.54) is 13.0 Å². The van der Waals surface area contributed by atoms with Gasteiger partial charge in [-0.1, -0.05) is 12.6 Å². The number of amides is 2. The summed E-state index contributed by atoms with van der Waals surface area (Å²) < 4.78 is 10.9. The first-order chi connectivity index (χ1) is 11.9. The molecule has 0 N–H and O–H groups in total. The van der Waals surface area contributed by atoms with Crippen molar-refractivity contribution in [2.45, 2.75) is 24.7 Å². The van der Waals surface area contributed by atoms with Gasteiger partial charge in [-0.2, -0.15) is 0 Å². The monoisotopic (exact) mass is 363 g/mol. The van der Waals surface area contributed by atoms with Gasteiger partial charge in [0.1, 0.15) is 13.2 Å². The summed E-state index contributed by atoms with van der Waals surface area (Å²) in [6.45, 7) is 4.81. The van der Waals surface area contributed by atoms with Gasteiger partial charge in [-0.25, -0.2) is 13.9 Å². The minimum absolute atomic E-state index is 0.0668. The maximum absolute atomic E-state index is 12.0. The maximum Gasteiger partial charge on any atom is 0.338 e. The molecule has 0 aromatic heterocycles. The Hall–Kier alpha value is -2.61. The van der Waals surface area contributed by atoms with Crippen LogP contribution in [0.5, 0.6) is 0 Å². The van der Waals surface area contributed by atoms with Crippen LogP contribution < -0.4 is 0 Å². The SMILES string of the molecule is C=C(C)C(=O)OCCOC(=O)c1cccc(SN2C(=O)CCC2=O)c1. The second-order valence-corrected chi connectivity index (χ2v) is 6.27. The first kappa shape index (κ1) is 18.7. The van der Waals surface area contributed by atoms with Gasteiger partial charge in [-0.3, -0.25) is 9.59 Å². The number of carbonyl (C=O) groups excluding carboxylic acids is 4. The van der Waals surface area contributed by atoms with E-state index in [2.05, 4.69) is 6.58 Å². The second-order valence-electron chi connectivity index (χ2n) is 5.25. The maximum atomic E-state index is 12.0. The van der Waals surface area contributed by atoms with Gasteiger partial charge >= 0.3 is 11.9 Å². The Balaban J connectivity index is 1.88. The zero-order valence-corrected chi connectivity index (χ0v) is 14.5. The highest BCUT2D eigenvalue weighted by Crippen LogP contribution is 2.29. The number of carbonyl (C=O) groups is 4. The highest BCUT2D eigenvalue weighted by atomic mass is 32.2. The van der Waals surface area contributed by atoms with Crippen LogP contribution >= 0.6 is 11.9 Å². The molecule has 0 radical (unpaired) electrons. The van der Waals surface area contributed by atoms with Crippen molar-refractivity contribution in [3.8, 4) is 0 Å². The second kappa shape index (κ2) is 8.48. The minimum atomic E-state index is -0.590. The molecule has 1 heterocycles. The van der Waals surface area contributed by atoms with Gasteiger partial charge in [0.15, 0.2) is 0 Å². The number of benzene rings is 1. The van der Waals surface area contributed by atoms with E-state index in [-0.39, 0.29) is 49.0 Å². The average Bonchev–Trinajstić information content (AvgIpc) is 2.90. The highest BCUT2D eigenvalue weighted by Gasteiger charge is 2.30. The zero-order chi connectivity index (χ0) is 18.4. The number of esters is 2. The summed E-state index contributed by atoms with van der Waals surface area (Å²) in [5, 5.41) is 0. The number of ether oxygens (including phenoxy) is 2. The van der Waals surface area contributed by atoms with Gasteiger partial charge in [0, 0.05) is 23.3 Å². The third-order valence-electron chi connectivity index (χ3n) is 3.17. The lowest BCUT2D eigenvalue weighted by atomic mass is 10.2. The summed E-state index contributed by atoms with van der Waals surface area (Å²) in [6.07, 6.45) is 0.410. The lowest BCUT2D eigenvalue weighted by Crippen LogP contribution is -2.21. The molecule has 0 saturated carbocycles. The predicted octanol–water partition coefficient (Wildman–Crippen LogP) is 2.12. The molecule has 1 aliphatic rings. The first-order valence-electron chi connectivity index (χ1n) is 7.52. The summed E-state index contributed by atoms with van der Waals surface area (Å²) >= 11 is 0.982. The highest BCUT2D eigenvalue weighted by molar-refractivity contribution is 7.98. The van der Waals surface area contributed by atoms with Gasteiger partial charge in [0.25, 0.3) is 0 Å². The lowest BCUT2D eigenvalue weighted by Gasteiger charge is -2.12. The Kier molecular flexibility index (Phi) is 6.35. The molecule has 1 fully saturated rings. The predicted molar refractivity (Wildman–Crippen MR) is 89.4 cm³/mol. The fourth-order valence-corrected chi connectivity index (χ4v) is 2.83. The molecule has 0 atom stereocenters. The Morgan fingerprint density at radius 1 is 1.16 bits per heavy atom. The van der Waals surface area contributed by atoms with Gasteiger partial charge < -0.3 is 9.47 Å². The van der Waals surface area contributed by atoms with Crippen molar-refractivity contribution in [1.29, 1.82) is 0 Å². The lowest BCUT2D eigenvalue weighted by molar-refractivity contribution is -0.140. The number of nitrogens with zero attached hydrogens (tertiary/aromatic N) is 1. The van der Waals surface area contributed by atoms with Crippen LogP contribution in [0.15, 0.2) is 41.3 Å². The van der Waals surface area contributed by atoms with Gasteiger partial charge in [-0.05, 0) is 37.1 Å². The number of hydrogen-bond donors (Lipinski definition) is 0.